The molecule has 2 aromatic carbocycles. The number of hydrogen-bond acceptors (Lipinski definition) is 6. The van der Waals surface area contributed by atoms with Crippen LogP contribution in [0.25, 0.3) is 0 Å². The van der Waals surface area contributed by atoms with Gasteiger partial charge in [0.1, 0.15) is 17.4 Å². The van der Waals surface area contributed by atoms with E-state index in [9.17, 15) is 14.7 Å². The summed E-state index contributed by atoms with van der Waals surface area (Å²) in [4.78, 5) is 24.6. The predicted molar refractivity (Wildman–Crippen MR) is 115 cm³/mol. The molecule has 1 atom stereocenters. The molecule has 162 valence electrons. The molecule has 0 saturated carbocycles. The number of phenols is 1. The first kappa shape index (κ1) is 23.4. The molecule has 0 amide bonds. The van der Waals surface area contributed by atoms with Crippen molar-refractivity contribution in [1.29, 1.82) is 0 Å². The van der Waals surface area contributed by atoms with Crippen LogP contribution < -0.4 is 5.32 Å². The van der Waals surface area contributed by atoms with Crippen molar-refractivity contribution in [2.24, 2.45) is 0 Å². The molecule has 0 spiro atoms. The van der Waals surface area contributed by atoms with Crippen LogP contribution in [0.15, 0.2) is 48.5 Å². The Morgan fingerprint density at radius 3 is 2.40 bits per heavy atom. The Bertz CT molecular complexity index is 842. The Kier molecular flexibility index (Phi) is 8.42. The summed E-state index contributed by atoms with van der Waals surface area (Å²) in [6, 6.07) is 14.3. The predicted octanol–water partition coefficient (Wildman–Crippen LogP) is 3.39. The molecule has 0 radical (unpaired) electrons. The molecule has 0 aliphatic carbocycles. The molecule has 0 saturated heterocycles. The fourth-order valence-electron chi connectivity index (χ4n) is 3.04. The summed E-state index contributed by atoms with van der Waals surface area (Å²) in [6.07, 6.45) is 0.931. The lowest BCUT2D eigenvalue weighted by Gasteiger charge is -2.25. The van der Waals surface area contributed by atoms with Crippen molar-refractivity contribution in [3.8, 4) is 5.75 Å². The van der Waals surface area contributed by atoms with Crippen LogP contribution in [-0.2, 0) is 31.9 Å². The third kappa shape index (κ3) is 7.87. The van der Waals surface area contributed by atoms with E-state index in [2.05, 4.69) is 5.32 Å². The van der Waals surface area contributed by atoms with Crippen LogP contribution in [0.2, 0.25) is 0 Å². The SMILES string of the molecule is CCOC(=O)CN[C@@H](Cc1ccc(O)cc1Cc1ccccc1)C(=O)OC(C)(C)C. The van der Waals surface area contributed by atoms with Gasteiger partial charge in [0.25, 0.3) is 0 Å². The minimum absolute atomic E-state index is 0.0934. The van der Waals surface area contributed by atoms with Gasteiger partial charge >= 0.3 is 11.9 Å². The van der Waals surface area contributed by atoms with E-state index < -0.39 is 23.6 Å². The third-order valence-electron chi connectivity index (χ3n) is 4.34. The highest BCUT2D eigenvalue weighted by Gasteiger charge is 2.26. The fraction of sp³-hybridized carbons (Fsp3) is 0.417. The molecule has 2 N–H and O–H groups in total. The first-order valence-corrected chi connectivity index (χ1v) is 10.1. The largest absolute Gasteiger partial charge is 0.508 e. The molecule has 0 fully saturated rings. The molecule has 0 aromatic heterocycles. The molecule has 0 heterocycles. The Balaban J connectivity index is 2.24. The quantitative estimate of drug-likeness (QED) is 0.613. The van der Waals surface area contributed by atoms with Crippen molar-refractivity contribution in [2.45, 2.75) is 52.2 Å². The average molecular weight is 414 g/mol. The van der Waals surface area contributed by atoms with E-state index in [-0.39, 0.29) is 18.9 Å². The Labute approximate surface area is 178 Å². The van der Waals surface area contributed by atoms with Gasteiger partial charge in [-0.25, -0.2) is 0 Å². The minimum atomic E-state index is -0.729. The van der Waals surface area contributed by atoms with Crippen LogP contribution >= 0.6 is 0 Å². The van der Waals surface area contributed by atoms with Crippen molar-refractivity contribution in [3.05, 3.63) is 65.2 Å². The number of carbonyl (C=O) groups is 2. The molecular weight excluding hydrogens is 382 g/mol. The van der Waals surface area contributed by atoms with Crippen molar-refractivity contribution in [2.75, 3.05) is 13.2 Å². The van der Waals surface area contributed by atoms with Gasteiger partial charge in [0.05, 0.1) is 13.2 Å². The van der Waals surface area contributed by atoms with E-state index in [4.69, 9.17) is 9.47 Å². The molecule has 2 aromatic rings. The van der Waals surface area contributed by atoms with Crippen LogP contribution in [0.3, 0.4) is 0 Å². The summed E-state index contributed by atoms with van der Waals surface area (Å²) in [7, 11) is 0. The van der Waals surface area contributed by atoms with Gasteiger partial charge < -0.3 is 14.6 Å². The van der Waals surface area contributed by atoms with Gasteiger partial charge in [-0.15, -0.1) is 0 Å². The van der Waals surface area contributed by atoms with Crippen LogP contribution in [0.1, 0.15) is 44.4 Å². The van der Waals surface area contributed by atoms with E-state index in [1.807, 2.05) is 30.3 Å². The van der Waals surface area contributed by atoms with Gasteiger partial charge in [0.15, 0.2) is 0 Å². The summed E-state index contributed by atoms with van der Waals surface area (Å²) in [5.74, 6) is -0.704. The number of hydrogen-bond donors (Lipinski definition) is 2. The normalized spacial score (nSPS) is 12.3. The standard InChI is InChI=1S/C24H31NO5/c1-5-29-22(27)16-25-21(23(28)30-24(2,3)4)15-18-11-12-20(26)14-19(18)13-17-9-7-6-8-10-17/h6-12,14,21,25-26H,5,13,15-16H2,1-4H3/t21-/m0/s1. The average Bonchev–Trinajstić information content (AvgIpc) is 2.66. The van der Waals surface area contributed by atoms with E-state index in [1.54, 1.807) is 45.9 Å². The maximum absolute atomic E-state index is 12.8. The van der Waals surface area contributed by atoms with Gasteiger partial charge in [0, 0.05) is 0 Å². The number of benzene rings is 2. The second-order valence-electron chi connectivity index (χ2n) is 8.09. The van der Waals surface area contributed by atoms with E-state index in [0.717, 1.165) is 16.7 Å². The zero-order chi connectivity index (χ0) is 22.1. The Morgan fingerprint density at radius 2 is 1.77 bits per heavy atom. The number of aromatic hydroxyl groups is 1. The molecular formula is C24H31NO5. The number of carbonyl (C=O) groups excluding carboxylic acids is 2. The topological polar surface area (TPSA) is 84.9 Å². The van der Waals surface area contributed by atoms with E-state index in [1.165, 1.54) is 0 Å². The monoisotopic (exact) mass is 413 g/mol. The zero-order valence-electron chi connectivity index (χ0n) is 18.1. The van der Waals surface area contributed by atoms with Crippen molar-refractivity contribution < 1.29 is 24.2 Å². The number of esters is 2. The van der Waals surface area contributed by atoms with Crippen molar-refractivity contribution >= 4 is 11.9 Å². The summed E-state index contributed by atoms with van der Waals surface area (Å²) in [5.41, 5.74) is 2.25. The lowest BCUT2D eigenvalue weighted by Crippen LogP contribution is -2.45. The maximum atomic E-state index is 12.8. The highest BCUT2D eigenvalue weighted by atomic mass is 16.6. The minimum Gasteiger partial charge on any atom is -0.508 e. The molecule has 2 rings (SSSR count). The number of nitrogens with one attached hydrogen (secondary N) is 1. The van der Waals surface area contributed by atoms with E-state index >= 15 is 0 Å². The summed E-state index contributed by atoms with van der Waals surface area (Å²) < 4.78 is 10.5. The molecule has 6 heteroatoms. The molecule has 0 unspecified atom stereocenters. The first-order chi connectivity index (χ1) is 14.2. The maximum Gasteiger partial charge on any atom is 0.324 e. The van der Waals surface area contributed by atoms with Crippen LogP contribution in [0.5, 0.6) is 5.75 Å². The van der Waals surface area contributed by atoms with Gasteiger partial charge in [-0.2, -0.15) is 0 Å². The lowest BCUT2D eigenvalue weighted by molar-refractivity contribution is -0.157. The number of rotatable bonds is 9. The van der Waals surface area contributed by atoms with Gasteiger partial charge in [-0.05, 0) is 69.4 Å². The molecule has 0 bridgehead atoms. The lowest BCUT2D eigenvalue weighted by atomic mass is 9.95. The summed E-state index contributed by atoms with van der Waals surface area (Å²) >= 11 is 0. The molecule has 6 nitrogen and oxygen atoms in total. The summed E-state index contributed by atoms with van der Waals surface area (Å²) in [5, 5.41) is 12.9. The number of ether oxygens (including phenoxy) is 2. The van der Waals surface area contributed by atoms with Crippen LogP contribution in [0.4, 0.5) is 0 Å². The molecule has 30 heavy (non-hydrogen) atoms. The second-order valence-corrected chi connectivity index (χ2v) is 8.09. The van der Waals surface area contributed by atoms with Crippen molar-refractivity contribution in [1.82, 2.24) is 5.32 Å². The Morgan fingerprint density at radius 1 is 1.07 bits per heavy atom. The number of phenolic OH excluding ortho intramolecular Hbond substituents is 1. The van der Waals surface area contributed by atoms with Crippen LogP contribution in [0, 0.1) is 0 Å². The fourth-order valence-corrected chi connectivity index (χ4v) is 3.04. The first-order valence-electron chi connectivity index (χ1n) is 10.1. The molecule has 0 aliphatic heterocycles. The second kappa shape index (κ2) is 10.8. The van der Waals surface area contributed by atoms with Gasteiger partial charge in [-0.1, -0.05) is 36.4 Å². The summed E-state index contributed by atoms with van der Waals surface area (Å²) in [6.45, 7) is 7.31. The molecule has 0 aliphatic rings. The smallest absolute Gasteiger partial charge is 0.324 e. The van der Waals surface area contributed by atoms with Crippen LogP contribution in [-0.4, -0.2) is 41.8 Å². The van der Waals surface area contributed by atoms with E-state index in [0.29, 0.717) is 12.8 Å². The van der Waals surface area contributed by atoms with Gasteiger partial charge in [-0.3, -0.25) is 14.9 Å². The van der Waals surface area contributed by atoms with Crippen molar-refractivity contribution in [3.63, 3.8) is 0 Å². The highest BCUT2D eigenvalue weighted by molar-refractivity contribution is 5.78. The Hall–Kier alpha value is -2.86. The zero-order valence-corrected chi connectivity index (χ0v) is 18.1. The highest BCUT2D eigenvalue weighted by Crippen LogP contribution is 2.22. The van der Waals surface area contributed by atoms with Gasteiger partial charge in [0.2, 0.25) is 0 Å². The third-order valence-corrected chi connectivity index (χ3v) is 4.34.